The average molecular weight is 453 g/mol. The first kappa shape index (κ1) is 27.0. The van der Waals surface area contributed by atoms with E-state index in [9.17, 15) is 4.79 Å². The van der Waals surface area contributed by atoms with Crippen LogP contribution in [0.15, 0.2) is 36.7 Å². The quantitative estimate of drug-likeness (QED) is 0.129. The molecule has 0 atom stereocenters. The maximum atomic E-state index is 12.1. The van der Waals surface area contributed by atoms with Crippen molar-refractivity contribution in [3.63, 3.8) is 0 Å². The summed E-state index contributed by atoms with van der Waals surface area (Å²) >= 11 is 0. The van der Waals surface area contributed by atoms with Gasteiger partial charge in [-0.3, -0.25) is 14.8 Å². The average Bonchev–Trinajstić information content (AvgIpc) is 2.84. The monoisotopic (exact) mass is 452 g/mol. The van der Waals surface area contributed by atoms with Crippen molar-refractivity contribution in [3.8, 4) is 17.0 Å². The molecule has 0 radical (unpaired) electrons. The first-order valence-electron chi connectivity index (χ1n) is 13.3. The molecule has 4 heteroatoms. The van der Waals surface area contributed by atoms with Crippen molar-refractivity contribution in [2.75, 3.05) is 0 Å². The van der Waals surface area contributed by atoms with Crippen molar-refractivity contribution < 1.29 is 9.53 Å². The molecular weight excluding hydrogens is 408 g/mol. The van der Waals surface area contributed by atoms with E-state index in [4.69, 9.17) is 4.74 Å². The van der Waals surface area contributed by atoms with Crippen LogP contribution >= 0.6 is 0 Å². The van der Waals surface area contributed by atoms with Crippen LogP contribution in [0, 0.1) is 0 Å². The SMILES string of the molecule is CCCCCCCCCCCCC(=O)Oc1ccc(-c2cnc(CCCCCC)cn2)cc1. The van der Waals surface area contributed by atoms with Crippen molar-refractivity contribution in [1.82, 2.24) is 9.97 Å². The van der Waals surface area contributed by atoms with Gasteiger partial charge < -0.3 is 4.74 Å². The zero-order chi connectivity index (χ0) is 23.6. The van der Waals surface area contributed by atoms with Crippen LogP contribution in [0.3, 0.4) is 0 Å². The van der Waals surface area contributed by atoms with Crippen molar-refractivity contribution in [2.24, 2.45) is 0 Å². The molecular formula is C29H44N2O2. The van der Waals surface area contributed by atoms with Crippen molar-refractivity contribution >= 4 is 5.97 Å². The van der Waals surface area contributed by atoms with Crippen LogP contribution in [0.1, 0.15) is 116 Å². The van der Waals surface area contributed by atoms with Gasteiger partial charge in [0, 0.05) is 18.2 Å². The Kier molecular flexibility index (Phi) is 14.1. The highest BCUT2D eigenvalue weighted by atomic mass is 16.5. The van der Waals surface area contributed by atoms with E-state index in [1.807, 2.05) is 36.7 Å². The molecule has 0 amide bonds. The number of hydrogen-bond acceptors (Lipinski definition) is 4. The van der Waals surface area contributed by atoms with Gasteiger partial charge in [0.1, 0.15) is 5.75 Å². The maximum Gasteiger partial charge on any atom is 0.311 e. The first-order chi connectivity index (χ1) is 16.2. The highest BCUT2D eigenvalue weighted by Crippen LogP contribution is 2.21. The largest absolute Gasteiger partial charge is 0.427 e. The number of hydrogen-bond donors (Lipinski definition) is 0. The zero-order valence-electron chi connectivity index (χ0n) is 21.0. The smallest absolute Gasteiger partial charge is 0.311 e. The predicted molar refractivity (Wildman–Crippen MR) is 137 cm³/mol. The molecule has 0 N–H and O–H groups in total. The van der Waals surface area contributed by atoms with E-state index in [0.29, 0.717) is 12.2 Å². The molecule has 0 spiro atoms. The summed E-state index contributed by atoms with van der Waals surface area (Å²) in [4.78, 5) is 21.2. The Hall–Kier alpha value is -2.23. The Morgan fingerprint density at radius 2 is 1.27 bits per heavy atom. The summed E-state index contributed by atoms with van der Waals surface area (Å²) in [6.07, 6.45) is 22.7. The van der Waals surface area contributed by atoms with E-state index in [1.54, 1.807) is 0 Å². The topological polar surface area (TPSA) is 52.1 Å². The van der Waals surface area contributed by atoms with Crippen molar-refractivity contribution in [2.45, 2.75) is 117 Å². The van der Waals surface area contributed by atoms with E-state index < -0.39 is 0 Å². The van der Waals surface area contributed by atoms with Gasteiger partial charge in [-0.05, 0) is 43.5 Å². The van der Waals surface area contributed by atoms with E-state index in [2.05, 4.69) is 23.8 Å². The number of carbonyl (C=O) groups is 1. The molecule has 2 rings (SSSR count). The summed E-state index contributed by atoms with van der Waals surface area (Å²) in [6.45, 7) is 4.48. The number of unbranched alkanes of at least 4 members (excludes halogenated alkanes) is 12. The normalized spacial score (nSPS) is 11.0. The summed E-state index contributed by atoms with van der Waals surface area (Å²) < 4.78 is 5.50. The van der Waals surface area contributed by atoms with Crippen LogP contribution < -0.4 is 4.74 Å². The van der Waals surface area contributed by atoms with Gasteiger partial charge in [0.2, 0.25) is 0 Å². The molecule has 2 aromatic rings. The van der Waals surface area contributed by atoms with E-state index in [-0.39, 0.29) is 5.97 Å². The number of esters is 1. The number of aromatic nitrogens is 2. The number of carbonyl (C=O) groups excluding carboxylic acids is 1. The standard InChI is InChI=1S/C29H44N2O2/c1-3-5-7-9-10-11-12-13-14-16-18-29(32)33-27-21-19-25(20-22-27)28-24-30-26(23-31-28)17-15-8-6-4-2/h19-24H,3-18H2,1-2H3. The number of nitrogens with zero attached hydrogens (tertiary/aromatic N) is 2. The summed E-state index contributed by atoms with van der Waals surface area (Å²) in [6, 6.07) is 7.56. The number of aryl methyl sites for hydroxylation is 1. The first-order valence-corrected chi connectivity index (χ1v) is 13.3. The fourth-order valence-corrected chi connectivity index (χ4v) is 4.00. The van der Waals surface area contributed by atoms with Gasteiger partial charge in [0.25, 0.3) is 0 Å². The van der Waals surface area contributed by atoms with Gasteiger partial charge in [-0.25, -0.2) is 0 Å². The van der Waals surface area contributed by atoms with Crippen molar-refractivity contribution in [3.05, 3.63) is 42.4 Å². The number of rotatable bonds is 18. The van der Waals surface area contributed by atoms with E-state index in [1.165, 1.54) is 77.0 Å². The fourth-order valence-electron chi connectivity index (χ4n) is 4.00. The minimum Gasteiger partial charge on any atom is -0.427 e. The van der Waals surface area contributed by atoms with Crippen molar-refractivity contribution in [1.29, 1.82) is 0 Å². The van der Waals surface area contributed by atoms with Gasteiger partial charge in [-0.2, -0.15) is 0 Å². The minimum absolute atomic E-state index is 0.144. The maximum absolute atomic E-state index is 12.1. The van der Waals surface area contributed by atoms with E-state index >= 15 is 0 Å². The van der Waals surface area contributed by atoms with Crippen LogP contribution in [-0.2, 0) is 11.2 Å². The third-order valence-corrected chi connectivity index (χ3v) is 6.11. The highest BCUT2D eigenvalue weighted by Gasteiger charge is 2.07. The summed E-state index contributed by atoms with van der Waals surface area (Å²) in [5, 5.41) is 0. The number of benzene rings is 1. The molecule has 0 aliphatic rings. The Morgan fingerprint density at radius 3 is 1.85 bits per heavy atom. The Morgan fingerprint density at radius 1 is 0.697 bits per heavy atom. The second-order valence-corrected chi connectivity index (χ2v) is 9.13. The second kappa shape index (κ2) is 17.3. The lowest BCUT2D eigenvalue weighted by atomic mass is 10.1. The predicted octanol–water partition coefficient (Wildman–Crippen LogP) is 8.48. The van der Waals surface area contributed by atoms with Crippen LogP contribution in [0.25, 0.3) is 11.3 Å². The second-order valence-electron chi connectivity index (χ2n) is 9.13. The van der Waals surface area contributed by atoms with Crippen LogP contribution in [0.4, 0.5) is 0 Å². The molecule has 0 saturated heterocycles. The van der Waals surface area contributed by atoms with Crippen LogP contribution in [0.5, 0.6) is 5.75 Å². The lowest BCUT2D eigenvalue weighted by Gasteiger charge is -2.07. The van der Waals surface area contributed by atoms with E-state index in [0.717, 1.165) is 36.2 Å². The van der Waals surface area contributed by atoms with Gasteiger partial charge in [-0.1, -0.05) is 90.9 Å². The Balaban J connectivity index is 1.62. The third kappa shape index (κ3) is 12.0. The third-order valence-electron chi connectivity index (χ3n) is 6.11. The zero-order valence-corrected chi connectivity index (χ0v) is 21.0. The molecule has 0 fully saturated rings. The summed E-state index contributed by atoms with van der Waals surface area (Å²) in [7, 11) is 0. The lowest BCUT2D eigenvalue weighted by molar-refractivity contribution is -0.134. The molecule has 182 valence electrons. The molecule has 0 aliphatic carbocycles. The van der Waals surface area contributed by atoms with Crippen LogP contribution in [-0.4, -0.2) is 15.9 Å². The van der Waals surface area contributed by atoms with Gasteiger partial charge >= 0.3 is 5.97 Å². The molecule has 0 unspecified atom stereocenters. The molecule has 0 saturated carbocycles. The highest BCUT2D eigenvalue weighted by molar-refractivity contribution is 5.72. The molecule has 1 aromatic heterocycles. The molecule has 1 aromatic carbocycles. The van der Waals surface area contributed by atoms with Gasteiger partial charge in [0.15, 0.2) is 0 Å². The Labute approximate surface area is 201 Å². The fraction of sp³-hybridized carbons (Fsp3) is 0.621. The van der Waals surface area contributed by atoms with Crippen LogP contribution in [0.2, 0.25) is 0 Å². The lowest BCUT2D eigenvalue weighted by Crippen LogP contribution is -2.07. The molecule has 4 nitrogen and oxygen atoms in total. The Bertz CT molecular complexity index is 756. The molecule has 0 bridgehead atoms. The molecule has 1 heterocycles. The minimum atomic E-state index is -0.144. The summed E-state index contributed by atoms with van der Waals surface area (Å²) in [5.74, 6) is 0.450. The molecule has 33 heavy (non-hydrogen) atoms. The molecule has 0 aliphatic heterocycles. The summed E-state index contributed by atoms with van der Waals surface area (Å²) in [5.41, 5.74) is 2.87. The van der Waals surface area contributed by atoms with Gasteiger partial charge in [-0.15, -0.1) is 0 Å². The van der Waals surface area contributed by atoms with Gasteiger partial charge in [0.05, 0.1) is 17.6 Å². The number of ether oxygens (including phenoxy) is 1.